The van der Waals surface area contributed by atoms with Gasteiger partial charge < -0.3 is 15.0 Å². The molecule has 0 aromatic heterocycles. The van der Waals surface area contributed by atoms with Crippen LogP contribution in [-0.4, -0.2) is 78.6 Å². The van der Waals surface area contributed by atoms with E-state index in [2.05, 4.69) is 62.6 Å². The fourth-order valence-corrected chi connectivity index (χ4v) is 5.50. The number of ether oxygens (including phenoxy) is 1. The number of benzene rings is 2. The van der Waals surface area contributed by atoms with E-state index in [4.69, 9.17) is 4.74 Å². The van der Waals surface area contributed by atoms with Gasteiger partial charge in [-0.3, -0.25) is 9.80 Å². The van der Waals surface area contributed by atoms with Crippen molar-refractivity contribution in [3.63, 3.8) is 0 Å². The SMILES string of the molecule is C1=CN(C2CCN(C3CN(C4CNC4)C3)CC2)CC(c2ccc(Oc3ccccc3)cc2)=C1. The Hall–Kier alpha value is -2.60. The summed E-state index contributed by atoms with van der Waals surface area (Å²) in [6.07, 6.45) is 9.31. The largest absolute Gasteiger partial charge is 0.457 e. The van der Waals surface area contributed by atoms with Crippen LogP contribution in [0.4, 0.5) is 0 Å². The normalized spacial score (nSPS) is 23.2. The fourth-order valence-electron chi connectivity index (χ4n) is 5.50. The van der Waals surface area contributed by atoms with E-state index in [0.29, 0.717) is 6.04 Å². The van der Waals surface area contributed by atoms with Gasteiger partial charge in [0.1, 0.15) is 11.5 Å². The van der Waals surface area contributed by atoms with Crippen LogP contribution < -0.4 is 10.1 Å². The summed E-state index contributed by atoms with van der Waals surface area (Å²) in [5.41, 5.74) is 2.66. The summed E-state index contributed by atoms with van der Waals surface area (Å²) < 4.78 is 5.95. The molecule has 0 unspecified atom stereocenters. The number of nitrogens with zero attached hydrogens (tertiary/aromatic N) is 3. The number of allylic oxidation sites excluding steroid dienone is 2. The van der Waals surface area contributed by atoms with Crippen LogP contribution in [0.3, 0.4) is 0 Å². The molecular formula is C28H34N4O. The number of piperidine rings is 1. The predicted octanol–water partition coefficient (Wildman–Crippen LogP) is 3.81. The number of hydrogen-bond donors (Lipinski definition) is 1. The molecular weight excluding hydrogens is 408 g/mol. The van der Waals surface area contributed by atoms with Crippen molar-refractivity contribution in [1.29, 1.82) is 0 Å². The van der Waals surface area contributed by atoms with Gasteiger partial charge in [-0.05, 0) is 60.5 Å². The zero-order chi connectivity index (χ0) is 22.0. The molecule has 5 heteroatoms. The molecule has 4 aliphatic heterocycles. The molecule has 0 atom stereocenters. The summed E-state index contributed by atoms with van der Waals surface area (Å²) in [4.78, 5) is 7.97. The summed E-state index contributed by atoms with van der Waals surface area (Å²) in [6.45, 7) is 8.40. The standard InChI is InChI=1S/C28H34N4O/c1-2-6-27(7-3-1)33-28-10-8-22(9-11-28)23-5-4-14-31(19-23)24-12-15-30(16-13-24)26-20-32(21-26)25-17-29-18-25/h1-11,14,24-26,29H,12-13,15-21H2. The molecule has 0 saturated carbocycles. The van der Waals surface area contributed by atoms with E-state index in [0.717, 1.165) is 30.1 Å². The Bertz CT molecular complexity index is 984. The van der Waals surface area contributed by atoms with Gasteiger partial charge in [0.05, 0.1) is 0 Å². The first-order valence-corrected chi connectivity index (χ1v) is 12.5. The van der Waals surface area contributed by atoms with Crippen LogP contribution >= 0.6 is 0 Å². The van der Waals surface area contributed by atoms with Gasteiger partial charge in [0.2, 0.25) is 0 Å². The maximum Gasteiger partial charge on any atom is 0.127 e. The van der Waals surface area contributed by atoms with Gasteiger partial charge in [-0.1, -0.05) is 36.4 Å². The van der Waals surface area contributed by atoms with Crippen molar-refractivity contribution in [3.8, 4) is 11.5 Å². The zero-order valence-corrected chi connectivity index (χ0v) is 19.3. The monoisotopic (exact) mass is 442 g/mol. The fraction of sp³-hybridized carbons (Fsp3) is 0.429. The first-order valence-electron chi connectivity index (χ1n) is 12.5. The second-order valence-electron chi connectivity index (χ2n) is 9.83. The van der Waals surface area contributed by atoms with Gasteiger partial charge in [0, 0.05) is 63.9 Å². The van der Waals surface area contributed by atoms with Gasteiger partial charge in [-0.25, -0.2) is 0 Å². The third kappa shape index (κ3) is 4.58. The van der Waals surface area contributed by atoms with Crippen LogP contribution in [0.5, 0.6) is 11.5 Å². The van der Waals surface area contributed by atoms with E-state index >= 15 is 0 Å². The van der Waals surface area contributed by atoms with Crippen LogP contribution in [0.2, 0.25) is 0 Å². The molecule has 2 aromatic rings. The highest BCUT2D eigenvalue weighted by atomic mass is 16.5. The van der Waals surface area contributed by atoms with Crippen molar-refractivity contribution in [2.45, 2.75) is 31.0 Å². The van der Waals surface area contributed by atoms with Gasteiger partial charge >= 0.3 is 0 Å². The average molecular weight is 443 g/mol. The molecule has 3 fully saturated rings. The van der Waals surface area contributed by atoms with Crippen molar-refractivity contribution in [2.75, 3.05) is 45.8 Å². The van der Waals surface area contributed by atoms with Crippen LogP contribution in [0.1, 0.15) is 18.4 Å². The molecule has 0 aliphatic carbocycles. The Kier molecular flexibility index (Phi) is 5.93. The summed E-state index contributed by atoms with van der Waals surface area (Å²) >= 11 is 0. The van der Waals surface area contributed by atoms with Crippen LogP contribution in [0.15, 0.2) is 72.9 Å². The predicted molar refractivity (Wildman–Crippen MR) is 133 cm³/mol. The lowest BCUT2D eigenvalue weighted by Gasteiger charge is -2.53. The molecule has 0 radical (unpaired) electrons. The quantitative estimate of drug-likeness (QED) is 0.735. The molecule has 6 rings (SSSR count). The third-order valence-corrected chi connectivity index (χ3v) is 7.78. The Balaban J connectivity index is 1.00. The van der Waals surface area contributed by atoms with Crippen molar-refractivity contribution in [2.24, 2.45) is 0 Å². The lowest BCUT2D eigenvalue weighted by Crippen LogP contribution is -2.69. The molecule has 0 bridgehead atoms. The molecule has 0 spiro atoms. The third-order valence-electron chi connectivity index (χ3n) is 7.78. The molecule has 4 aliphatic rings. The summed E-state index contributed by atoms with van der Waals surface area (Å²) in [7, 11) is 0. The van der Waals surface area contributed by atoms with E-state index in [1.54, 1.807) is 0 Å². The van der Waals surface area contributed by atoms with E-state index in [-0.39, 0.29) is 0 Å². The number of nitrogens with one attached hydrogen (secondary N) is 1. The van der Waals surface area contributed by atoms with Crippen molar-refractivity contribution in [3.05, 3.63) is 78.5 Å². The Morgan fingerprint density at radius 3 is 2.18 bits per heavy atom. The van der Waals surface area contributed by atoms with E-state index < -0.39 is 0 Å². The topological polar surface area (TPSA) is 31.0 Å². The highest BCUT2D eigenvalue weighted by Crippen LogP contribution is 2.29. The molecule has 3 saturated heterocycles. The van der Waals surface area contributed by atoms with E-state index in [9.17, 15) is 0 Å². The number of likely N-dealkylation sites (tertiary alicyclic amines) is 2. The highest BCUT2D eigenvalue weighted by Gasteiger charge is 2.39. The second kappa shape index (κ2) is 9.34. The maximum atomic E-state index is 5.95. The first kappa shape index (κ1) is 21.0. The minimum absolute atomic E-state index is 0.647. The zero-order valence-electron chi connectivity index (χ0n) is 19.3. The van der Waals surface area contributed by atoms with E-state index in [1.807, 2.05) is 30.3 Å². The summed E-state index contributed by atoms with van der Waals surface area (Å²) in [5.74, 6) is 1.75. The number of hydrogen-bond acceptors (Lipinski definition) is 5. The van der Waals surface area contributed by atoms with Gasteiger partial charge in [0.15, 0.2) is 0 Å². The minimum atomic E-state index is 0.647. The van der Waals surface area contributed by atoms with Crippen molar-refractivity contribution < 1.29 is 4.74 Å². The molecule has 1 N–H and O–H groups in total. The van der Waals surface area contributed by atoms with E-state index in [1.165, 1.54) is 63.2 Å². The van der Waals surface area contributed by atoms with Gasteiger partial charge in [0.25, 0.3) is 0 Å². The van der Waals surface area contributed by atoms with Crippen LogP contribution in [-0.2, 0) is 0 Å². The summed E-state index contributed by atoms with van der Waals surface area (Å²) in [6, 6.07) is 20.7. The molecule has 33 heavy (non-hydrogen) atoms. The molecule has 4 heterocycles. The van der Waals surface area contributed by atoms with Crippen molar-refractivity contribution >= 4 is 5.57 Å². The lowest BCUT2D eigenvalue weighted by atomic mass is 9.95. The number of para-hydroxylation sites is 1. The Morgan fingerprint density at radius 1 is 0.758 bits per heavy atom. The number of rotatable bonds is 6. The Labute approximate surface area is 197 Å². The van der Waals surface area contributed by atoms with Crippen LogP contribution in [0, 0.1) is 0 Å². The minimum Gasteiger partial charge on any atom is -0.457 e. The second-order valence-corrected chi connectivity index (χ2v) is 9.83. The summed E-state index contributed by atoms with van der Waals surface area (Å²) in [5, 5.41) is 3.40. The van der Waals surface area contributed by atoms with Gasteiger partial charge in [-0.2, -0.15) is 0 Å². The lowest BCUT2D eigenvalue weighted by molar-refractivity contribution is -0.0239. The molecule has 5 nitrogen and oxygen atoms in total. The Morgan fingerprint density at radius 2 is 1.48 bits per heavy atom. The molecule has 0 amide bonds. The van der Waals surface area contributed by atoms with Crippen LogP contribution in [0.25, 0.3) is 5.57 Å². The maximum absolute atomic E-state index is 5.95. The average Bonchev–Trinajstić information content (AvgIpc) is 2.81. The first-order chi connectivity index (χ1) is 16.3. The smallest absolute Gasteiger partial charge is 0.127 e. The molecule has 2 aromatic carbocycles. The van der Waals surface area contributed by atoms with Gasteiger partial charge in [-0.15, -0.1) is 0 Å². The van der Waals surface area contributed by atoms with Crippen molar-refractivity contribution in [1.82, 2.24) is 20.0 Å². The molecule has 172 valence electrons. The highest BCUT2D eigenvalue weighted by molar-refractivity contribution is 5.70.